The summed E-state index contributed by atoms with van der Waals surface area (Å²) >= 11 is 0. The molecule has 0 atom stereocenters. The van der Waals surface area contributed by atoms with Gasteiger partial charge in [-0.1, -0.05) is 177 Å². The van der Waals surface area contributed by atoms with Crippen molar-refractivity contribution in [1.29, 1.82) is 0 Å². The molecule has 5 heteroatoms. The summed E-state index contributed by atoms with van der Waals surface area (Å²) in [4.78, 5) is 7.92. The SMILES string of the molecule is CC(C)(C)c1cc2c3c(c1)N(c1cc4c(cc1-c1ccccc1)C(C)(C)CCC4(C)C)c1cc(N4c5ccccc5Oc5ccccc54)ccc1B3c1cc3c(cc1N2c1ccc2c(c1)C(C)(C)CCC2(C)C)C(C)(C)CCC3(C)C. The quantitative estimate of drug-likeness (QED) is 0.164. The van der Waals surface area contributed by atoms with Crippen molar-refractivity contribution in [3.63, 3.8) is 0 Å². The molecule has 0 bridgehead atoms. The van der Waals surface area contributed by atoms with Gasteiger partial charge in [0, 0.05) is 39.7 Å². The van der Waals surface area contributed by atoms with E-state index in [0.29, 0.717) is 0 Å². The van der Waals surface area contributed by atoms with E-state index >= 15 is 0 Å². The topological polar surface area (TPSA) is 19.0 Å². The van der Waals surface area contributed by atoms with E-state index in [1.807, 2.05) is 0 Å². The van der Waals surface area contributed by atoms with Crippen molar-refractivity contribution in [2.75, 3.05) is 14.7 Å². The number of hydrogen-bond donors (Lipinski definition) is 0. The standard InChI is InChI=1S/C76H82BN3O/c1-70(2,3)48-39-65-69-66(40-48)80(62-45-56-54(73(8,9)35-37-75(56,12)13)43-51(62)47-23-17-16-18-24-47)63-42-50(78-60-25-19-21-27-67(60)81-68-28-22-20-26-61(68)78)30-32-58(63)77(69)59-44-55-57(76(14,15)38-36-74(55,10)11)46-64(59)79(65)49-29-31-52-53(41-49)72(6,7)34-33-71(52,4)5/h16-32,39-46H,33-38H2,1-15H3. The Morgan fingerprint density at radius 3 is 1.36 bits per heavy atom. The number of hydrogen-bond acceptors (Lipinski definition) is 4. The molecule has 81 heavy (non-hydrogen) atoms. The van der Waals surface area contributed by atoms with Gasteiger partial charge in [0.2, 0.25) is 0 Å². The molecule has 0 saturated carbocycles. The van der Waals surface area contributed by atoms with Crippen LogP contribution in [0, 0.1) is 0 Å². The maximum Gasteiger partial charge on any atom is 0.252 e. The molecule has 0 unspecified atom stereocenters. The minimum absolute atomic E-state index is 0.00411. The third-order valence-electron chi connectivity index (χ3n) is 21.0. The van der Waals surface area contributed by atoms with Gasteiger partial charge < -0.3 is 19.4 Å². The maximum atomic E-state index is 6.69. The first-order chi connectivity index (χ1) is 38.2. The fraction of sp³-hybridized carbons (Fsp3) is 0.368. The summed E-state index contributed by atoms with van der Waals surface area (Å²) in [5, 5.41) is 0. The highest BCUT2D eigenvalue weighted by Crippen LogP contribution is 2.58. The van der Waals surface area contributed by atoms with Gasteiger partial charge in [0.25, 0.3) is 6.71 Å². The fourth-order valence-electron chi connectivity index (χ4n) is 15.5. The Bertz CT molecular complexity index is 3900. The lowest BCUT2D eigenvalue weighted by molar-refractivity contribution is 0.332. The zero-order valence-electron chi connectivity index (χ0n) is 51.0. The number of anilines is 9. The molecule has 0 radical (unpaired) electrons. The Hall–Kier alpha value is -6.98. The van der Waals surface area contributed by atoms with E-state index < -0.39 is 0 Å². The fourth-order valence-corrected chi connectivity index (χ4v) is 15.5. The summed E-state index contributed by atoms with van der Waals surface area (Å²) in [5.41, 5.74) is 27.4. The number of benzene rings is 8. The van der Waals surface area contributed by atoms with Crippen LogP contribution in [0.25, 0.3) is 11.1 Å². The normalized spacial score (nSPS) is 19.6. The van der Waals surface area contributed by atoms with Crippen LogP contribution >= 0.6 is 0 Å². The minimum Gasteiger partial charge on any atom is -0.453 e. The smallest absolute Gasteiger partial charge is 0.252 e. The van der Waals surface area contributed by atoms with Gasteiger partial charge in [0.05, 0.1) is 17.1 Å². The van der Waals surface area contributed by atoms with E-state index in [-0.39, 0.29) is 44.6 Å². The first kappa shape index (κ1) is 52.1. The van der Waals surface area contributed by atoms with Crippen LogP contribution < -0.4 is 35.8 Å². The largest absolute Gasteiger partial charge is 0.453 e. The minimum atomic E-state index is -0.185. The molecule has 4 nitrogen and oxygen atoms in total. The van der Waals surface area contributed by atoms with E-state index in [9.17, 15) is 0 Å². The molecule has 3 aliphatic heterocycles. The predicted molar refractivity (Wildman–Crippen MR) is 345 cm³/mol. The number of rotatable bonds is 4. The van der Waals surface area contributed by atoms with Crippen molar-refractivity contribution in [2.24, 2.45) is 0 Å². The van der Waals surface area contributed by atoms with E-state index in [2.05, 4.69) is 270 Å². The first-order valence-electron chi connectivity index (χ1n) is 30.4. The third kappa shape index (κ3) is 7.89. The highest BCUT2D eigenvalue weighted by molar-refractivity contribution is 7.00. The van der Waals surface area contributed by atoms with Crippen molar-refractivity contribution >= 4 is 74.3 Å². The Balaban J connectivity index is 1.14. The predicted octanol–water partition coefficient (Wildman–Crippen LogP) is 19.4. The first-order valence-corrected chi connectivity index (χ1v) is 30.4. The van der Waals surface area contributed by atoms with Gasteiger partial charge in [-0.25, -0.2) is 0 Å². The second-order valence-electron chi connectivity index (χ2n) is 30.2. The van der Waals surface area contributed by atoms with Crippen LogP contribution in [-0.2, 0) is 37.9 Å². The van der Waals surface area contributed by atoms with E-state index in [4.69, 9.17) is 4.74 Å². The molecule has 3 aliphatic carbocycles. The molecule has 0 aromatic heterocycles. The summed E-state index contributed by atoms with van der Waals surface area (Å²) in [7, 11) is 0. The molecule has 3 heterocycles. The van der Waals surface area contributed by atoms with Gasteiger partial charge in [-0.3, -0.25) is 0 Å². The lowest BCUT2D eigenvalue weighted by atomic mass is 9.33. The molecule has 8 aromatic carbocycles. The lowest BCUT2D eigenvalue weighted by Crippen LogP contribution is -2.62. The van der Waals surface area contributed by atoms with Gasteiger partial charge in [-0.2, -0.15) is 0 Å². The van der Waals surface area contributed by atoms with Gasteiger partial charge in [-0.05, 0) is 216 Å². The Labute approximate surface area is 484 Å². The van der Waals surface area contributed by atoms with Crippen LogP contribution in [0.3, 0.4) is 0 Å². The molecule has 14 rings (SSSR count). The van der Waals surface area contributed by atoms with Crippen LogP contribution in [0.4, 0.5) is 51.2 Å². The Morgan fingerprint density at radius 2 is 0.790 bits per heavy atom. The molecule has 0 amide bonds. The maximum absolute atomic E-state index is 6.69. The summed E-state index contributed by atoms with van der Waals surface area (Å²) in [6, 6.07) is 59.3. The molecule has 6 aliphatic rings. The summed E-state index contributed by atoms with van der Waals surface area (Å²) in [6.07, 6.45) is 6.92. The van der Waals surface area contributed by atoms with Gasteiger partial charge in [-0.15, -0.1) is 0 Å². The van der Waals surface area contributed by atoms with Crippen molar-refractivity contribution in [2.45, 2.75) is 180 Å². The molecule has 0 fully saturated rings. The van der Waals surface area contributed by atoms with Crippen LogP contribution in [0.2, 0.25) is 0 Å². The highest BCUT2D eigenvalue weighted by atomic mass is 16.5. The van der Waals surface area contributed by atoms with Gasteiger partial charge >= 0.3 is 0 Å². The van der Waals surface area contributed by atoms with E-state index in [1.54, 1.807) is 0 Å². The van der Waals surface area contributed by atoms with Gasteiger partial charge in [0.1, 0.15) is 0 Å². The van der Waals surface area contributed by atoms with E-state index in [1.165, 1.54) is 107 Å². The monoisotopic (exact) mass is 1060 g/mol. The summed E-state index contributed by atoms with van der Waals surface area (Å²) in [6.45, 7) is 37.0. The molecule has 0 saturated heterocycles. The molecular weight excluding hydrogens is 982 g/mol. The molecule has 0 spiro atoms. The number of para-hydroxylation sites is 4. The Morgan fingerprint density at radius 1 is 0.358 bits per heavy atom. The van der Waals surface area contributed by atoms with Crippen LogP contribution in [0.1, 0.15) is 181 Å². The number of nitrogens with zero attached hydrogens (tertiary/aromatic N) is 3. The molecule has 0 N–H and O–H groups in total. The average Bonchev–Trinajstić information content (AvgIpc) is 3.63. The second kappa shape index (κ2) is 17.3. The summed E-state index contributed by atoms with van der Waals surface area (Å²) in [5.74, 6) is 1.71. The summed E-state index contributed by atoms with van der Waals surface area (Å²) < 4.78 is 6.69. The zero-order valence-corrected chi connectivity index (χ0v) is 51.0. The second-order valence-corrected chi connectivity index (χ2v) is 30.2. The third-order valence-corrected chi connectivity index (χ3v) is 21.0. The molecule has 8 aromatic rings. The lowest BCUT2D eigenvalue weighted by Gasteiger charge is -2.49. The number of fused-ring (bicyclic) bond motifs is 9. The van der Waals surface area contributed by atoms with Crippen LogP contribution in [0.15, 0.2) is 152 Å². The van der Waals surface area contributed by atoms with Crippen molar-refractivity contribution < 1.29 is 4.74 Å². The molecular formula is C76H82BN3O. The highest BCUT2D eigenvalue weighted by Gasteiger charge is 2.49. The van der Waals surface area contributed by atoms with Crippen LogP contribution in [0.5, 0.6) is 11.5 Å². The van der Waals surface area contributed by atoms with Gasteiger partial charge in [0.15, 0.2) is 11.5 Å². The van der Waals surface area contributed by atoms with Crippen molar-refractivity contribution in [1.82, 2.24) is 0 Å². The van der Waals surface area contributed by atoms with Crippen molar-refractivity contribution in [3.8, 4) is 22.6 Å². The molecule has 410 valence electrons. The number of ether oxygens (including phenoxy) is 1. The van der Waals surface area contributed by atoms with Crippen molar-refractivity contribution in [3.05, 3.63) is 191 Å². The zero-order chi connectivity index (χ0) is 56.7. The average molecular weight is 1060 g/mol. The van der Waals surface area contributed by atoms with Crippen LogP contribution in [-0.4, -0.2) is 6.71 Å². The van der Waals surface area contributed by atoms with E-state index in [0.717, 1.165) is 60.7 Å². The Kier molecular flexibility index (Phi) is 11.1.